The molecule has 0 atom stereocenters. The fourth-order valence-electron chi connectivity index (χ4n) is 3.48. The summed E-state index contributed by atoms with van der Waals surface area (Å²) in [4.78, 5) is 0. The highest BCUT2D eigenvalue weighted by Gasteiger charge is 2.42. The smallest absolute Gasteiger partial charge is 0.363 e. The lowest BCUT2D eigenvalue weighted by Crippen LogP contribution is -2.39. The third kappa shape index (κ3) is 2.47. The van der Waals surface area contributed by atoms with Crippen molar-refractivity contribution in [1.82, 2.24) is 0 Å². The summed E-state index contributed by atoms with van der Waals surface area (Å²) in [6.07, 6.45) is 8.22. The van der Waals surface area contributed by atoms with E-state index in [1.165, 1.54) is 38.5 Å². The standard InChI is InChI=1S/C14H18BClO/c16-13-7-9-14(10-8-13)17-15-11-3-1-4-12(15)6-2-5-11/h7-12H,1-6H2. The van der Waals surface area contributed by atoms with Gasteiger partial charge in [0.15, 0.2) is 0 Å². The first kappa shape index (κ1) is 11.5. The van der Waals surface area contributed by atoms with Crippen LogP contribution in [0.5, 0.6) is 5.75 Å². The number of fused-ring (bicyclic) bond motifs is 2. The Morgan fingerprint density at radius 3 is 2.00 bits per heavy atom. The second-order valence-corrected chi connectivity index (χ2v) is 5.85. The molecular weight excluding hydrogens is 230 g/mol. The lowest BCUT2D eigenvalue weighted by atomic mass is 9.38. The molecule has 2 aliphatic heterocycles. The summed E-state index contributed by atoms with van der Waals surface area (Å²) >= 11 is 5.89. The van der Waals surface area contributed by atoms with Crippen LogP contribution in [0.3, 0.4) is 0 Å². The van der Waals surface area contributed by atoms with Gasteiger partial charge >= 0.3 is 6.92 Å². The maximum atomic E-state index is 6.22. The van der Waals surface area contributed by atoms with Crippen molar-refractivity contribution < 1.29 is 4.65 Å². The summed E-state index contributed by atoms with van der Waals surface area (Å²) in [7, 11) is 0. The Labute approximate surface area is 109 Å². The lowest BCUT2D eigenvalue weighted by Gasteiger charge is -2.39. The number of hydrogen-bond donors (Lipinski definition) is 0. The van der Waals surface area contributed by atoms with Crippen LogP contribution in [0.1, 0.15) is 38.5 Å². The molecule has 2 fully saturated rings. The molecule has 0 saturated carbocycles. The van der Waals surface area contributed by atoms with Crippen molar-refractivity contribution in [3.63, 3.8) is 0 Å². The van der Waals surface area contributed by atoms with Crippen LogP contribution < -0.4 is 4.65 Å². The molecule has 1 nitrogen and oxygen atoms in total. The lowest BCUT2D eigenvalue weighted by molar-refractivity contribution is 0.381. The second kappa shape index (κ2) is 4.93. The molecule has 3 rings (SSSR count). The van der Waals surface area contributed by atoms with Crippen molar-refractivity contribution in [2.75, 3.05) is 0 Å². The Kier molecular flexibility index (Phi) is 3.33. The first-order valence-corrected chi connectivity index (χ1v) is 7.13. The van der Waals surface area contributed by atoms with Crippen LogP contribution in [0.2, 0.25) is 16.7 Å². The van der Waals surface area contributed by atoms with E-state index in [9.17, 15) is 0 Å². The number of benzene rings is 1. The number of halogens is 1. The van der Waals surface area contributed by atoms with Gasteiger partial charge in [0, 0.05) is 5.02 Å². The van der Waals surface area contributed by atoms with Crippen LogP contribution in [0.4, 0.5) is 0 Å². The summed E-state index contributed by atoms with van der Waals surface area (Å²) in [5, 5.41) is 0.779. The molecule has 1 aromatic rings. The molecule has 90 valence electrons. The third-order valence-corrected chi connectivity index (χ3v) is 4.57. The Morgan fingerprint density at radius 2 is 1.47 bits per heavy atom. The van der Waals surface area contributed by atoms with Crippen LogP contribution >= 0.6 is 11.6 Å². The van der Waals surface area contributed by atoms with Crippen molar-refractivity contribution in [2.45, 2.75) is 50.2 Å². The van der Waals surface area contributed by atoms with Gasteiger partial charge in [-0.25, -0.2) is 0 Å². The molecule has 0 aliphatic carbocycles. The molecule has 2 heterocycles. The van der Waals surface area contributed by atoms with E-state index in [0.29, 0.717) is 6.92 Å². The number of hydrogen-bond acceptors (Lipinski definition) is 1. The maximum Gasteiger partial charge on any atom is 0.363 e. The monoisotopic (exact) mass is 248 g/mol. The Bertz CT molecular complexity index is 356. The van der Waals surface area contributed by atoms with E-state index in [-0.39, 0.29) is 0 Å². The molecule has 0 aromatic heterocycles. The second-order valence-electron chi connectivity index (χ2n) is 5.42. The van der Waals surface area contributed by atoms with Crippen molar-refractivity contribution in [3.05, 3.63) is 29.3 Å². The van der Waals surface area contributed by atoms with Gasteiger partial charge in [-0.3, -0.25) is 0 Å². The molecule has 2 aliphatic rings. The van der Waals surface area contributed by atoms with E-state index in [1.807, 2.05) is 24.3 Å². The highest BCUT2D eigenvalue weighted by Crippen LogP contribution is 2.46. The van der Waals surface area contributed by atoms with E-state index in [4.69, 9.17) is 16.3 Å². The Morgan fingerprint density at radius 1 is 0.941 bits per heavy atom. The van der Waals surface area contributed by atoms with Gasteiger partial charge in [0.25, 0.3) is 0 Å². The predicted octanol–water partition coefficient (Wildman–Crippen LogP) is 4.82. The van der Waals surface area contributed by atoms with Crippen LogP contribution in [0.25, 0.3) is 0 Å². The van der Waals surface area contributed by atoms with Crippen molar-refractivity contribution in [1.29, 1.82) is 0 Å². The summed E-state index contributed by atoms with van der Waals surface area (Å²) in [6, 6.07) is 7.81. The van der Waals surface area contributed by atoms with Gasteiger partial charge in [0.1, 0.15) is 0 Å². The van der Waals surface area contributed by atoms with Crippen LogP contribution in [0, 0.1) is 0 Å². The van der Waals surface area contributed by atoms with Gasteiger partial charge in [-0.1, -0.05) is 50.1 Å². The fraction of sp³-hybridized carbons (Fsp3) is 0.571. The van der Waals surface area contributed by atoms with E-state index < -0.39 is 0 Å². The highest BCUT2D eigenvalue weighted by atomic mass is 35.5. The normalized spacial score (nSPS) is 27.9. The summed E-state index contributed by atoms with van der Waals surface area (Å²) in [5.41, 5.74) is 0. The number of rotatable bonds is 2. The average molecular weight is 249 g/mol. The summed E-state index contributed by atoms with van der Waals surface area (Å²) in [6.45, 7) is 0.457. The van der Waals surface area contributed by atoms with Gasteiger partial charge in [0.2, 0.25) is 0 Å². The Balaban J connectivity index is 1.73. The minimum atomic E-state index is 0.457. The van der Waals surface area contributed by atoms with Gasteiger partial charge in [0.05, 0.1) is 5.75 Å². The van der Waals surface area contributed by atoms with Crippen molar-refractivity contribution in [2.24, 2.45) is 0 Å². The topological polar surface area (TPSA) is 9.23 Å². The predicted molar refractivity (Wildman–Crippen MR) is 73.0 cm³/mol. The molecular formula is C14H18BClO. The molecule has 0 amide bonds. The van der Waals surface area contributed by atoms with Crippen molar-refractivity contribution >= 4 is 18.5 Å². The molecule has 2 bridgehead atoms. The Hall–Kier alpha value is -0.625. The zero-order valence-corrected chi connectivity index (χ0v) is 10.8. The molecule has 1 aromatic carbocycles. The van der Waals surface area contributed by atoms with E-state index in [0.717, 1.165) is 22.4 Å². The summed E-state index contributed by atoms with van der Waals surface area (Å²) in [5.74, 6) is 2.56. The first-order chi connectivity index (χ1) is 8.33. The largest absolute Gasteiger partial charge is 0.560 e. The van der Waals surface area contributed by atoms with E-state index in [2.05, 4.69) is 0 Å². The molecule has 2 saturated heterocycles. The molecule has 0 spiro atoms. The molecule has 0 radical (unpaired) electrons. The van der Waals surface area contributed by atoms with Gasteiger partial charge < -0.3 is 4.65 Å². The maximum absolute atomic E-state index is 6.22. The van der Waals surface area contributed by atoms with E-state index >= 15 is 0 Å². The van der Waals surface area contributed by atoms with Gasteiger partial charge in [-0.2, -0.15) is 0 Å². The molecule has 0 N–H and O–H groups in total. The molecule has 17 heavy (non-hydrogen) atoms. The minimum Gasteiger partial charge on any atom is -0.560 e. The first-order valence-electron chi connectivity index (χ1n) is 6.75. The van der Waals surface area contributed by atoms with Gasteiger partial charge in [-0.05, 0) is 35.9 Å². The summed E-state index contributed by atoms with van der Waals surface area (Å²) < 4.78 is 6.22. The highest BCUT2D eigenvalue weighted by molar-refractivity contribution is 6.56. The minimum absolute atomic E-state index is 0.457. The quantitative estimate of drug-likeness (QED) is 0.682. The zero-order valence-electron chi connectivity index (χ0n) is 10.1. The van der Waals surface area contributed by atoms with Crippen molar-refractivity contribution in [3.8, 4) is 5.75 Å². The molecule has 3 heteroatoms. The van der Waals surface area contributed by atoms with Crippen LogP contribution in [0.15, 0.2) is 24.3 Å². The third-order valence-electron chi connectivity index (χ3n) is 4.31. The SMILES string of the molecule is Clc1ccc(OB2C3CCCC2CCC3)cc1. The zero-order chi connectivity index (χ0) is 11.7. The van der Waals surface area contributed by atoms with Crippen LogP contribution in [-0.2, 0) is 0 Å². The van der Waals surface area contributed by atoms with Gasteiger partial charge in [-0.15, -0.1) is 0 Å². The fourth-order valence-corrected chi connectivity index (χ4v) is 3.60. The van der Waals surface area contributed by atoms with E-state index in [1.54, 1.807) is 0 Å². The van der Waals surface area contributed by atoms with Crippen LogP contribution in [-0.4, -0.2) is 6.92 Å². The molecule has 0 unspecified atom stereocenters. The average Bonchev–Trinajstić information content (AvgIpc) is 2.32.